The Kier molecular flexibility index (Phi) is 4.00. The molecule has 1 unspecified atom stereocenters. The van der Waals surface area contributed by atoms with E-state index in [9.17, 15) is 5.26 Å². The molecular weight excluding hydrogens is 347 g/mol. The largest absolute Gasteiger partial charge is 0.493 e. The van der Waals surface area contributed by atoms with Gasteiger partial charge < -0.3 is 29.4 Å². The molecule has 0 aliphatic carbocycles. The van der Waals surface area contributed by atoms with Crippen LogP contribution in [0, 0.1) is 11.3 Å². The highest BCUT2D eigenvalue weighted by Crippen LogP contribution is 2.48. The summed E-state index contributed by atoms with van der Waals surface area (Å²) < 4.78 is 27.5. The van der Waals surface area contributed by atoms with Gasteiger partial charge in [-0.25, -0.2) is 0 Å². The second kappa shape index (κ2) is 6.36. The first-order valence-corrected chi connectivity index (χ1v) is 8.31. The van der Waals surface area contributed by atoms with Crippen molar-refractivity contribution in [3.8, 4) is 34.8 Å². The fourth-order valence-corrected chi connectivity index (χ4v) is 3.54. The number of allylic oxidation sites excluding steroid dienone is 1. The summed E-state index contributed by atoms with van der Waals surface area (Å²) in [6.07, 6.45) is 0. The Hall–Kier alpha value is -3.47. The van der Waals surface area contributed by atoms with Gasteiger partial charge in [0.1, 0.15) is 25.2 Å². The first kappa shape index (κ1) is 17.0. The zero-order valence-electron chi connectivity index (χ0n) is 15.2. The molecule has 2 aromatic carbocycles. The number of benzene rings is 2. The fourth-order valence-electron chi connectivity index (χ4n) is 3.54. The van der Waals surface area contributed by atoms with Crippen LogP contribution in [0.4, 0.5) is 0 Å². The van der Waals surface area contributed by atoms with Gasteiger partial charge in [0, 0.05) is 11.6 Å². The molecule has 0 saturated carbocycles. The SMILES string of the molecule is Bc1cc(C2C(C#N)=C(N)Oc3cc4c(cc32)OCO4)cc(OC)c1OC. The molecule has 0 bridgehead atoms. The number of methoxy groups -OCH3 is 2. The van der Waals surface area contributed by atoms with Gasteiger partial charge in [0.15, 0.2) is 23.0 Å². The van der Waals surface area contributed by atoms with E-state index in [0.717, 1.165) is 16.6 Å². The van der Waals surface area contributed by atoms with Crippen molar-refractivity contribution in [2.75, 3.05) is 21.0 Å². The minimum atomic E-state index is -0.424. The Bertz CT molecular complexity index is 1010. The van der Waals surface area contributed by atoms with Crippen LogP contribution in [0.25, 0.3) is 0 Å². The first-order chi connectivity index (χ1) is 13.1. The topological polar surface area (TPSA) is 96.0 Å². The van der Waals surface area contributed by atoms with Crippen LogP contribution in [0.15, 0.2) is 35.7 Å². The van der Waals surface area contributed by atoms with E-state index in [2.05, 4.69) is 6.07 Å². The molecule has 2 aliphatic rings. The van der Waals surface area contributed by atoms with Gasteiger partial charge in [0.25, 0.3) is 0 Å². The smallest absolute Gasteiger partial charge is 0.231 e. The normalized spacial score (nSPS) is 17.0. The molecule has 2 heterocycles. The van der Waals surface area contributed by atoms with Gasteiger partial charge >= 0.3 is 0 Å². The van der Waals surface area contributed by atoms with Gasteiger partial charge in [0.05, 0.1) is 20.1 Å². The summed E-state index contributed by atoms with van der Waals surface area (Å²) in [6.45, 7) is 0.145. The number of fused-ring (bicyclic) bond motifs is 2. The molecule has 0 saturated heterocycles. The number of ether oxygens (including phenoxy) is 5. The minimum Gasteiger partial charge on any atom is -0.493 e. The average Bonchev–Trinajstić information content (AvgIpc) is 3.11. The first-order valence-electron chi connectivity index (χ1n) is 8.31. The number of hydrogen-bond donors (Lipinski definition) is 1. The highest BCUT2D eigenvalue weighted by molar-refractivity contribution is 6.34. The summed E-state index contributed by atoms with van der Waals surface area (Å²) in [5.74, 6) is 2.61. The lowest BCUT2D eigenvalue weighted by atomic mass is 9.80. The molecule has 0 aromatic heterocycles. The van der Waals surface area contributed by atoms with E-state index in [-0.39, 0.29) is 12.7 Å². The second-order valence-corrected chi connectivity index (χ2v) is 6.24. The molecule has 136 valence electrons. The predicted molar refractivity (Wildman–Crippen MR) is 99.6 cm³/mol. The zero-order chi connectivity index (χ0) is 19.1. The number of rotatable bonds is 3. The molecule has 0 amide bonds. The maximum Gasteiger partial charge on any atom is 0.231 e. The molecule has 8 heteroatoms. The molecule has 0 radical (unpaired) electrons. The van der Waals surface area contributed by atoms with E-state index in [0.29, 0.717) is 34.3 Å². The minimum absolute atomic E-state index is 0.0707. The summed E-state index contributed by atoms with van der Waals surface area (Å²) >= 11 is 0. The van der Waals surface area contributed by atoms with Gasteiger partial charge in [-0.15, -0.1) is 0 Å². The van der Waals surface area contributed by atoms with E-state index in [1.807, 2.05) is 26.0 Å². The summed E-state index contributed by atoms with van der Waals surface area (Å²) in [5.41, 5.74) is 8.88. The molecular formula is C19H17BN2O5. The summed E-state index contributed by atoms with van der Waals surface area (Å²) in [5, 5.41) is 9.73. The van der Waals surface area contributed by atoms with Crippen molar-refractivity contribution >= 4 is 13.3 Å². The highest BCUT2D eigenvalue weighted by atomic mass is 16.7. The molecule has 0 fully saturated rings. The van der Waals surface area contributed by atoms with Crippen molar-refractivity contribution in [2.45, 2.75) is 5.92 Å². The molecule has 1 atom stereocenters. The van der Waals surface area contributed by atoms with Crippen molar-refractivity contribution in [3.63, 3.8) is 0 Å². The lowest BCUT2D eigenvalue weighted by Crippen LogP contribution is -2.22. The molecule has 0 spiro atoms. The molecule has 4 rings (SSSR count). The lowest BCUT2D eigenvalue weighted by molar-refractivity contribution is 0.174. The van der Waals surface area contributed by atoms with Gasteiger partial charge in [-0.1, -0.05) is 6.07 Å². The Morgan fingerprint density at radius 2 is 1.85 bits per heavy atom. The Morgan fingerprint density at radius 1 is 1.11 bits per heavy atom. The third-order valence-electron chi connectivity index (χ3n) is 4.73. The molecule has 2 aromatic rings. The summed E-state index contributed by atoms with van der Waals surface area (Å²) in [4.78, 5) is 0. The second-order valence-electron chi connectivity index (χ2n) is 6.24. The number of nitrogens with two attached hydrogens (primary N) is 1. The van der Waals surface area contributed by atoms with E-state index in [1.54, 1.807) is 20.3 Å². The van der Waals surface area contributed by atoms with Gasteiger partial charge in [-0.05, 0) is 23.2 Å². The third kappa shape index (κ3) is 2.59. The quantitative estimate of drug-likeness (QED) is 0.809. The van der Waals surface area contributed by atoms with Crippen LogP contribution in [0.1, 0.15) is 17.0 Å². The van der Waals surface area contributed by atoms with Crippen LogP contribution in [-0.2, 0) is 0 Å². The Labute approximate surface area is 157 Å². The maximum absolute atomic E-state index is 9.73. The number of nitrogens with zero attached hydrogens (tertiary/aromatic N) is 1. The number of nitriles is 1. The van der Waals surface area contributed by atoms with Crippen molar-refractivity contribution in [1.29, 1.82) is 5.26 Å². The Morgan fingerprint density at radius 3 is 2.52 bits per heavy atom. The van der Waals surface area contributed by atoms with Crippen LogP contribution in [0.3, 0.4) is 0 Å². The van der Waals surface area contributed by atoms with Crippen LogP contribution in [-0.4, -0.2) is 28.9 Å². The summed E-state index contributed by atoms with van der Waals surface area (Å²) in [6, 6.07) is 9.55. The lowest BCUT2D eigenvalue weighted by Gasteiger charge is -2.27. The molecule has 27 heavy (non-hydrogen) atoms. The van der Waals surface area contributed by atoms with Gasteiger partial charge in [0.2, 0.25) is 12.7 Å². The third-order valence-corrected chi connectivity index (χ3v) is 4.73. The van der Waals surface area contributed by atoms with Gasteiger partial charge in [-0.2, -0.15) is 5.26 Å². The highest BCUT2D eigenvalue weighted by Gasteiger charge is 2.34. The van der Waals surface area contributed by atoms with Crippen molar-refractivity contribution in [3.05, 3.63) is 46.8 Å². The molecule has 7 nitrogen and oxygen atoms in total. The molecule has 2 N–H and O–H groups in total. The predicted octanol–water partition coefficient (Wildman–Crippen LogP) is 0.909. The van der Waals surface area contributed by atoms with Crippen LogP contribution >= 0.6 is 0 Å². The summed E-state index contributed by atoms with van der Waals surface area (Å²) in [7, 11) is 5.09. The standard InChI is InChI=1S/C19H17BN2O5/c1-23-16-4-9(3-12(20)18(16)24-2)17-10-5-14-15(26-8-25-14)6-13(10)27-19(22)11(17)7-21/h3-6,17H,8,20,22H2,1-2H3. The van der Waals surface area contributed by atoms with E-state index < -0.39 is 5.92 Å². The van der Waals surface area contributed by atoms with E-state index in [4.69, 9.17) is 29.4 Å². The Balaban J connectivity index is 1.94. The zero-order valence-corrected chi connectivity index (χ0v) is 15.2. The van der Waals surface area contributed by atoms with E-state index >= 15 is 0 Å². The maximum atomic E-state index is 9.73. The van der Waals surface area contributed by atoms with Crippen LogP contribution in [0.2, 0.25) is 0 Å². The van der Waals surface area contributed by atoms with Crippen molar-refractivity contribution in [2.24, 2.45) is 5.73 Å². The monoisotopic (exact) mass is 364 g/mol. The number of hydrogen-bond acceptors (Lipinski definition) is 7. The average molecular weight is 364 g/mol. The van der Waals surface area contributed by atoms with Crippen molar-refractivity contribution in [1.82, 2.24) is 0 Å². The van der Waals surface area contributed by atoms with Crippen molar-refractivity contribution < 1.29 is 23.7 Å². The molecule has 2 aliphatic heterocycles. The van der Waals surface area contributed by atoms with Crippen LogP contribution in [0.5, 0.6) is 28.7 Å². The van der Waals surface area contributed by atoms with Crippen LogP contribution < -0.4 is 34.9 Å². The fraction of sp³-hybridized carbons (Fsp3) is 0.211. The van der Waals surface area contributed by atoms with Gasteiger partial charge in [-0.3, -0.25) is 0 Å². The van der Waals surface area contributed by atoms with E-state index in [1.165, 1.54) is 0 Å².